The van der Waals surface area contributed by atoms with Gasteiger partial charge in [-0.15, -0.1) is 0 Å². The molecule has 6 nitrogen and oxygen atoms in total. The molecule has 1 saturated heterocycles. The van der Waals surface area contributed by atoms with Crippen molar-refractivity contribution in [3.63, 3.8) is 0 Å². The number of aryl methyl sites for hydroxylation is 3. The van der Waals surface area contributed by atoms with E-state index in [1.54, 1.807) is 0 Å². The van der Waals surface area contributed by atoms with E-state index in [4.69, 9.17) is 4.98 Å². The van der Waals surface area contributed by atoms with Crippen molar-refractivity contribution in [1.29, 1.82) is 0 Å². The van der Waals surface area contributed by atoms with Gasteiger partial charge in [0.15, 0.2) is 0 Å². The first-order chi connectivity index (χ1) is 13.6. The third kappa shape index (κ3) is 2.81. The SMILES string of the molecule is Cc1ccc(-c2cc(N3CC(c4nc5ccccc5n4C)C3)nc(C)n2)nc1. The highest BCUT2D eigenvalue weighted by atomic mass is 15.3. The van der Waals surface area contributed by atoms with Crippen molar-refractivity contribution < 1.29 is 0 Å². The topological polar surface area (TPSA) is 59.7 Å². The number of para-hydroxylation sites is 2. The normalized spacial score (nSPS) is 14.5. The molecule has 1 aromatic carbocycles. The number of nitrogens with zero attached hydrogens (tertiary/aromatic N) is 6. The van der Waals surface area contributed by atoms with E-state index >= 15 is 0 Å². The molecular formula is C22H22N6. The smallest absolute Gasteiger partial charge is 0.132 e. The molecular weight excluding hydrogens is 348 g/mol. The van der Waals surface area contributed by atoms with Gasteiger partial charge in [-0.2, -0.15) is 0 Å². The lowest BCUT2D eigenvalue weighted by molar-refractivity contribution is 0.485. The Kier molecular flexibility index (Phi) is 3.86. The first kappa shape index (κ1) is 16.9. The summed E-state index contributed by atoms with van der Waals surface area (Å²) < 4.78 is 2.21. The lowest BCUT2D eigenvalue weighted by Crippen LogP contribution is -2.46. The van der Waals surface area contributed by atoms with Crippen molar-refractivity contribution in [3.05, 3.63) is 65.9 Å². The van der Waals surface area contributed by atoms with Crippen LogP contribution in [0.2, 0.25) is 0 Å². The highest BCUT2D eigenvalue weighted by Gasteiger charge is 2.33. The van der Waals surface area contributed by atoms with Gasteiger partial charge in [-0.3, -0.25) is 4.98 Å². The molecule has 1 fully saturated rings. The van der Waals surface area contributed by atoms with Crippen LogP contribution in [0.25, 0.3) is 22.4 Å². The van der Waals surface area contributed by atoms with Crippen LogP contribution in [-0.4, -0.2) is 37.6 Å². The molecule has 0 aliphatic carbocycles. The third-order valence-electron chi connectivity index (χ3n) is 5.39. The number of imidazole rings is 1. The van der Waals surface area contributed by atoms with Crippen LogP contribution in [0.15, 0.2) is 48.7 Å². The number of fused-ring (bicyclic) bond motifs is 1. The second-order valence-corrected chi connectivity index (χ2v) is 7.50. The number of anilines is 1. The fourth-order valence-electron chi connectivity index (χ4n) is 3.82. The maximum absolute atomic E-state index is 4.85. The summed E-state index contributed by atoms with van der Waals surface area (Å²) >= 11 is 0. The average Bonchev–Trinajstić information content (AvgIpc) is 2.98. The second-order valence-electron chi connectivity index (χ2n) is 7.50. The summed E-state index contributed by atoms with van der Waals surface area (Å²) in [6, 6.07) is 14.4. The lowest BCUT2D eigenvalue weighted by Gasteiger charge is -2.39. The molecule has 28 heavy (non-hydrogen) atoms. The molecule has 0 N–H and O–H groups in total. The fourth-order valence-corrected chi connectivity index (χ4v) is 3.82. The quantitative estimate of drug-likeness (QED) is 0.551. The molecule has 0 atom stereocenters. The summed E-state index contributed by atoms with van der Waals surface area (Å²) in [4.78, 5) is 20.9. The second kappa shape index (κ2) is 6.41. The number of hydrogen-bond acceptors (Lipinski definition) is 5. The maximum Gasteiger partial charge on any atom is 0.132 e. The first-order valence-corrected chi connectivity index (χ1v) is 9.53. The van der Waals surface area contributed by atoms with Crippen molar-refractivity contribution in [2.75, 3.05) is 18.0 Å². The Hall–Kier alpha value is -3.28. The molecule has 0 saturated carbocycles. The lowest BCUT2D eigenvalue weighted by atomic mass is 9.99. The number of benzene rings is 1. The Bertz CT molecular complexity index is 1160. The summed E-state index contributed by atoms with van der Waals surface area (Å²) in [5.41, 5.74) is 5.13. The summed E-state index contributed by atoms with van der Waals surface area (Å²) in [6.07, 6.45) is 1.87. The number of hydrogen-bond donors (Lipinski definition) is 0. The Morgan fingerprint density at radius 1 is 0.929 bits per heavy atom. The Balaban J connectivity index is 1.40. The van der Waals surface area contributed by atoms with Crippen LogP contribution in [-0.2, 0) is 7.05 Å². The molecule has 0 amide bonds. The maximum atomic E-state index is 4.85. The molecule has 1 aliphatic heterocycles. The summed E-state index contributed by atoms with van der Waals surface area (Å²) in [7, 11) is 2.10. The van der Waals surface area contributed by atoms with Gasteiger partial charge in [0.05, 0.1) is 28.3 Å². The molecule has 5 rings (SSSR count). The average molecular weight is 370 g/mol. The minimum atomic E-state index is 0.411. The van der Waals surface area contributed by atoms with Crippen LogP contribution in [0, 0.1) is 13.8 Å². The van der Waals surface area contributed by atoms with Crippen molar-refractivity contribution in [1.82, 2.24) is 24.5 Å². The van der Waals surface area contributed by atoms with E-state index in [2.05, 4.69) is 55.7 Å². The first-order valence-electron chi connectivity index (χ1n) is 9.53. The minimum absolute atomic E-state index is 0.411. The summed E-state index contributed by atoms with van der Waals surface area (Å²) in [6.45, 7) is 5.79. The van der Waals surface area contributed by atoms with E-state index < -0.39 is 0 Å². The monoisotopic (exact) mass is 370 g/mol. The van der Waals surface area contributed by atoms with E-state index in [9.17, 15) is 0 Å². The van der Waals surface area contributed by atoms with E-state index in [-0.39, 0.29) is 0 Å². The van der Waals surface area contributed by atoms with Crippen LogP contribution in [0.3, 0.4) is 0 Å². The minimum Gasteiger partial charge on any atom is -0.355 e. The largest absolute Gasteiger partial charge is 0.355 e. The molecule has 1 aliphatic rings. The predicted octanol–water partition coefficient (Wildman–Crippen LogP) is 3.65. The van der Waals surface area contributed by atoms with E-state index in [0.29, 0.717) is 5.92 Å². The van der Waals surface area contributed by atoms with E-state index in [1.807, 2.05) is 38.2 Å². The zero-order valence-electron chi connectivity index (χ0n) is 16.3. The Morgan fingerprint density at radius 3 is 2.50 bits per heavy atom. The van der Waals surface area contributed by atoms with Gasteiger partial charge in [-0.1, -0.05) is 18.2 Å². The van der Waals surface area contributed by atoms with Gasteiger partial charge in [0.25, 0.3) is 0 Å². The van der Waals surface area contributed by atoms with Gasteiger partial charge in [-0.05, 0) is 37.6 Å². The zero-order valence-corrected chi connectivity index (χ0v) is 16.3. The number of pyridine rings is 1. The molecule has 4 aromatic rings. The van der Waals surface area contributed by atoms with Gasteiger partial charge in [0.2, 0.25) is 0 Å². The van der Waals surface area contributed by atoms with Crippen molar-refractivity contribution >= 4 is 16.9 Å². The van der Waals surface area contributed by atoms with Gasteiger partial charge in [0.1, 0.15) is 17.5 Å². The molecule has 0 unspecified atom stereocenters. The predicted molar refractivity (Wildman–Crippen MR) is 110 cm³/mol. The molecule has 0 radical (unpaired) electrons. The molecule has 0 spiro atoms. The van der Waals surface area contributed by atoms with Crippen molar-refractivity contribution in [2.24, 2.45) is 7.05 Å². The molecule has 3 aromatic heterocycles. The third-order valence-corrected chi connectivity index (χ3v) is 5.39. The molecule has 0 bridgehead atoms. The fraction of sp³-hybridized carbons (Fsp3) is 0.273. The van der Waals surface area contributed by atoms with Crippen LogP contribution in [0.4, 0.5) is 5.82 Å². The molecule has 4 heterocycles. The van der Waals surface area contributed by atoms with E-state index in [0.717, 1.165) is 53.0 Å². The standard InChI is InChI=1S/C22H22N6/c1-14-8-9-17(23-11-14)19-10-21(25-15(2)24-19)28-12-16(13-28)22-26-18-6-4-5-7-20(18)27(22)3/h4-11,16H,12-13H2,1-3H3. The summed E-state index contributed by atoms with van der Waals surface area (Å²) in [5.74, 6) is 3.28. The van der Waals surface area contributed by atoms with Gasteiger partial charge in [-0.25, -0.2) is 15.0 Å². The van der Waals surface area contributed by atoms with Gasteiger partial charge >= 0.3 is 0 Å². The van der Waals surface area contributed by atoms with Crippen LogP contribution >= 0.6 is 0 Å². The van der Waals surface area contributed by atoms with Crippen molar-refractivity contribution in [3.8, 4) is 11.4 Å². The van der Waals surface area contributed by atoms with Crippen LogP contribution in [0.5, 0.6) is 0 Å². The Morgan fingerprint density at radius 2 is 1.75 bits per heavy atom. The Labute approximate surface area is 163 Å². The highest BCUT2D eigenvalue weighted by molar-refractivity contribution is 5.76. The molecule has 6 heteroatoms. The van der Waals surface area contributed by atoms with E-state index in [1.165, 1.54) is 5.52 Å². The number of rotatable bonds is 3. The van der Waals surface area contributed by atoms with Gasteiger partial charge < -0.3 is 9.47 Å². The highest BCUT2D eigenvalue weighted by Crippen LogP contribution is 2.32. The van der Waals surface area contributed by atoms with Gasteiger partial charge in [0, 0.05) is 32.4 Å². The van der Waals surface area contributed by atoms with Crippen LogP contribution < -0.4 is 4.90 Å². The zero-order chi connectivity index (χ0) is 19.3. The van der Waals surface area contributed by atoms with Crippen molar-refractivity contribution in [2.45, 2.75) is 19.8 Å². The number of aromatic nitrogens is 5. The summed E-state index contributed by atoms with van der Waals surface area (Å²) in [5, 5.41) is 0. The van der Waals surface area contributed by atoms with Crippen LogP contribution in [0.1, 0.15) is 23.1 Å². The molecule has 140 valence electrons.